The van der Waals surface area contributed by atoms with Gasteiger partial charge in [-0.25, -0.2) is 8.42 Å². The Morgan fingerprint density at radius 1 is 0.950 bits per heavy atom. The van der Waals surface area contributed by atoms with Crippen LogP contribution in [0.5, 0.6) is 0 Å². The Balaban J connectivity index is 1.81. The molecule has 0 amide bonds. The number of fused-ring (bicyclic) bond motifs is 1. The number of para-hydroxylation sites is 1. The average Bonchev–Trinajstić information content (AvgIpc) is 3.17. The lowest BCUT2D eigenvalue weighted by Crippen LogP contribution is -2.33. The summed E-state index contributed by atoms with van der Waals surface area (Å²) in [5.74, 6) is 0.218. The molecule has 0 N–H and O–H groups in total. The summed E-state index contributed by atoms with van der Waals surface area (Å²) in [5.41, 5.74) is 1.71. The molecule has 1 saturated heterocycles. The highest BCUT2D eigenvalue weighted by Crippen LogP contribution is 2.64. The van der Waals surface area contributed by atoms with Crippen LogP contribution in [0.1, 0.15) is 12.0 Å². The molecule has 102 valence electrons. The molecule has 2 atom stereocenters. The molecule has 1 aliphatic heterocycles. The highest BCUT2D eigenvalue weighted by atomic mass is 32.2. The fourth-order valence-electron chi connectivity index (χ4n) is 3.39. The summed E-state index contributed by atoms with van der Waals surface area (Å²) < 4.78 is 26.9. The molecule has 1 aliphatic carbocycles. The van der Waals surface area contributed by atoms with Crippen molar-refractivity contribution in [2.75, 3.05) is 10.8 Å². The van der Waals surface area contributed by atoms with Gasteiger partial charge < -0.3 is 0 Å². The first-order chi connectivity index (χ1) is 9.66. The maximum atomic E-state index is 13.0. The van der Waals surface area contributed by atoms with Crippen LogP contribution in [0.25, 0.3) is 0 Å². The lowest BCUT2D eigenvalue weighted by Gasteiger charge is -2.23. The molecule has 1 heterocycles. The molecule has 2 aromatic rings. The molecule has 3 nitrogen and oxygen atoms in total. The largest absolute Gasteiger partial charge is 0.269 e. The maximum Gasteiger partial charge on any atom is 0.245 e. The van der Waals surface area contributed by atoms with Gasteiger partial charge in [-0.1, -0.05) is 48.5 Å². The van der Waals surface area contributed by atoms with E-state index in [2.05, 4.69) is 0 Å². The molecule has 2 fully saturated rings. The van der Waals surface area contributed by atoms with E-state index in [4.69, 9.17) is 0 Å². The first-order valence-electron chi connectivity index (χ1n) is 6.79. The van der Waals surface area contributed by atoms with E-state index in [0.717, 1.165) is 17.7 Å². The Labute approximate surface area is 118 Å². The van der Waals surface area contributed by atoms with E-state index in [-0.39, 0.29) is 5.92 Å². The van der Waals surface area contributed by atoms with E-state index in [1.807, 2.05) is 60.7 Å². The summed E-state index contributed by atoms with van der Waals surface area (Å²) in [6.07, 6.45) is 0.753. The molecule has 2 aromatic carbocycles. The minimum atomic E-state index is -3.33. The minimum absolute atomic E-state index is 0.218. The Bertz CT molecular complexity index is 743. The van der Waals surface area contributed by atoms with Gasteiger partial charge in [0.1, 0.15) is 4.75 Å². The zero-order valence-electron chi connectivity index (χ0n) is 10.9. The predicted octanol–water partition coefficient (Wildman–Crippen LogP) is 2.75. The predicted molar refractivity (Wildman–Crippen MR) is 78.9 cm³/mol. The number of hydrogen-bond acceptors (Lipinski definition) is 2. The van der Waals surface area contributed by atoms with Crippen LogP contribution in [0.15, 0.2) is 60.7 Å². The maximum absolute atomic E-state index is 13.0. The van der Waals surface area contributed by atoms with Crippen LogP contribution in [0.2, 0.25) is 0 Å². The average molecular weight is 285 g/mol. The molecular formula is C16H15NO2S. The van der Waals surface area contributed by atoms with Gasteiger partial charge in [-0.05, 0) is 24.1 Å². The van der Waals surface area contributed by atoms with Crippen molar-refractivity contribution in [3.63, 3.8) is 0 Å². The summed E-state index contributed by atoms with van der Waals surface area (Å²) in [6.45, 7) is 0.598. The van der Waals surface area contributed by atoms with Gasteiger partial charge in [-0.15, -0.1) is 0 Å². The fraction of sp³-hybridized carbons (Fsp3) is 0.250. The highest BCUT2D eigenvalue weighted by molar-refractivity contribution is 7.94. The van der Waals surface area contributed by atoms with E-state index in [9.17, 15) is 8.42 Å². The first-order valence-corrected chi connectivity index (χ1v) is 8.23. The summed E-state index contributed by atoms with van der Waals surface area (Å²) in [6, 6.07) is 19.0. The van der Waals surface area contributed by atoms with E-state index in [0.29, 0.717) is 6.54 Å². The van der Waals surface area contributed by atoms with Crippen molar-refractivity contribution in [3.05, 3.63) is 66.2 Å². The van der Waals surface area contributed by atoms with Crippen molar-refractivity contribution in [1.29, 1.82) is 0 Å². The lowest BCUT2D eigenvalue weighted by molar-refractivity contribution is 0.583. The molecule has 0 bridgehead atoms. The van der Waals surface area contributed by atoms with Gasteiger partial charge in [-0.2, -0.15) is 0 Å². The molecule has 1 saturated carbocycles. The van der Waals surface area contributed by atoms with Crippen LogP contribution < -0.4 is 4.31 Å². The second kappa shape index (κ2) is 3.85. The number of anilines is 1. The molecule has 4 heteroatoms. The number of hydrogen-bond donors (Lipinski definition) is 0. The zero-order chi connectivity index (χ0) is 13.8. The van der Waals surface area contributed by atoms with Gasteiger partial charge in [0.2, 0.25) is 10.0 Å². The third kappa shape index (κ3) is 1.37. The van der Waals surface area contributed by atoms with Crippen LogP contribution in [0, 0.1) is 5.92 Å². The summed E-state index contributed by atoms with van der Waals surface area (Å²) >= 11 is 0. The smallest absolute Gasteiger partial charge is 0.245 e. The fourth-order valence-corrected chi connectivity index (χ4v) is 5.90. The van der Waals surface area contributed by atoms with Gasteiger partial charge in [-0.3, -0.25) is 4.31 Å². The number of benzene rings is 2. The second-order valence-corrected chi connectivity index (χ2v) is 7.65. The Morgan fingerprint density at radius 3 is 2.20 bits per heavy atom. The number of sulfonamides is 1. The topological polar surface area (TPSA) is 37.4 Å². The number of rotatable bonds is 2. The van der Waals surface area contributed by atoms with Crippen LogP contribution in [0.4, 0.5) is 5.69 Å². The summed E-state index contributed by atoms with van der Waals surface area (Å²) in [7, 11) is -3.33. The Kier molecular flexibility index (Phi) is 2.31. The summed E-state index contributed by atoms with van der Waals surface area (Å²) in [4.78, 5) is 0. The van der Waals surface area contributed by atoms with E-state index < -0.39 is 14.8 Å². The Morgan fingerprint density at radius 2 is 1.55 bits per heavy atom. The quantitative estimate of drug-likeness (QED) is 0.851. The molecule has 2 aliphatic rings. The van der Waals surface area contributed by atoms with Crippen molar-refractivity contribution in [3.8, 4) is 0 Å². The van der Waals surface area contributed by atoms with Crippen molar-refractivity contribution in [2.45, 2.75) is 11.2 Å². The minimum Gasteiger partial charge on any atom is -0.269 e. The second-order valence-electron chi connectivity index (χ2n) is 5.53. The summed E-state index contributed by atoms with van der Waals surface area (Å²) in [5, 5.41) is 0. The molecule has 0 aromatic heterocycles. The SMILES string of the molecule is O=S1(=O)N(c2ccccc2)CC2CC21c1ccccc1. The monoisotopic (exact) mass is 285 g/mol. The van der Waals surface area contributed by atoms with Crippen LogP contribution >= 0.6 is 0 Å². The van der Waals surface area contributed by atoms with Gasteiger partial charge in [0.25, 0.3) is 0 Å². The normalized spacial score (nSPS) is 30.0. The van der Waals surface area contributed by atoms with Gasteiger partial charge in [0.05, 0.1) is 5.69 Å². The van der Waals surface area contributed by atoms with Crippen molar-refractivity contribution in [1.82, 2.24) is 0 Å². The van der Waals surface area contributed by atoms with Crippen molar-refractivity contribution in [2.24, 2.45) is 5.92 Å². The zero-order valence-corrected chi connectivity index (χ0v) is 11.8. The van der Waals surface area contributed by atoms with Gasteiger partial charge in [0.15, 0.2) is 0 Å². The van der Waals surface area contributed by atoms with Crippen LogP contribution in [-0.4, -0.2) is 15.0 Å². The molecule has 0 radical (unpaired) electrons. The van der Waals surface area contributed by atoms with Gasteiger partial charge in [0, 0.05) is 12.5 Å². The van der Waals surface area contributed by atoms with E-state index in [1.165, 1.54) is 0 Å². The lowest BCUT2D eigenvalue weighted by atomic mass is 10.1. The molecule has 20 heavy (non-hydrogen) atoms. The molecule has 0 spiro atoms. The third-order valence-corrected chi connectivity index (χ3v) is 7.09. The van der Waals surface area contributed by atoms with E-state index >= 15 is 0 Å². The van der Waals surface area contributed by atoms with Crippen LogP contribution in [-0.2, 0) is 14.8 Å². The van der Waals surface area contributed by atoms with Gasteiger partial charge >= 0.3 is 0 Å². The molecule has 4 rings (SSSR count). The third-order valence-electron chi connectivity index (χ3n) is 4.49. The first kappa shape index (κ1) is 12.0. The Hall–Kier alpha value is -1.81. The van der Waals surface area contributed by atoms with E-state index in [1.54, 1.807) is 4.31 Å². The van der Waals surface area contributed by atoms with Crippen molar-refractivity contribution < 1.29 is 8.42 Å². The number of nitrogens with zero attached hydrogens (tertiary/aromatic N) is 1. The molecule has 2 unspecified atom stereocenters. The highest BCUT2D eigenvalue weighted by Gasteiger charge is 2.71. The molecular weight excluding hydrogens is 270 g/mol. The standard InChI is InChI=1S/C16H15NO2S/c18-20(19)16(13-7-3-1-4-8-13)11-14(16)12-17(20)15-9-5-2-6-10-15/h1-10,14H,11-12H2. The van der Waals surface area contributed by atoms with Crippen molar-refractivity contribution >= 4 is 15.7 Å². The van der Waals surface area contributed by atoms with Crippen LogP contribution in [0.3, 0.4) is 0 Å².